The maximum Gasteiger partial charge on any atom is 0.122 e. The van der Waals surface area contributed by atoms with Gasteiger partial charge in [-0.2, -0.15) is 0 Å². The Bertz CT molecular complexity index is 624. The zero-order chi connectivity index (χ0) is 14.7. The topological polar surface area (TPSA) is 41.5 Å². The minimum absolute atomic E-state index is 0.0719. The van der Waals surface area contributed by atoms with E-state index in [2.05, 4.69) is 30.4 Å². The number of ether oxygens (including phenoxy) is 1. The quantitative estimate of drug-likeness (QED) is 0.879. The van der Waals surface area contributed by atoms with E-state index >= 15 is 0 Å². The lowest BCUT2D eigenvalue weighted by Gasteiger charge is -2.20. The molecule has 2 aromatic rings. The van der Waals surface area contributed by atoms with Crippen LogP contribution in [-0.2, 0) is 13.0 Å². The van der Waals surface area contributed by atoms with Gasteiger partial charge in [-0.1, -0.05) is 25.1 Å². The molecule has 3 nitrogen and oxygen atoms in total. The van der Waals surface area contributed by atoms with Crippen LogP contribution in [0, 0.1) is 0 Å². The standard InChI is InChI=1S/C18H21NO2/c1-2-17(19-16-5-3-4-13(10-16)12-20)14-6-7-18-15(11-14)8-9-21-18/h3-7,10-11,17,19-20H,2,8-9,12H2,1H3. The summed E-state index contributed by atoms with van der Waals surface area (Å²) in [6, 6.07) is 14.7. The Kier molecular flexibility index (Phi) is 4.11. The van der Waals surface area contributed by atoms with Gasteiger partial charge in [0.05, 0.1) is 19.3 Å². The zero-order valence-electron chi connectivity index (χ0n) is 12.3. The van der Waals surface area contributed by atoms with Crippen LogP contribution in [0.25, 0.3) is 0 Å². The summed E-state index contributed by atoms with van der Waals surface area (Å²) in [5.74, 6) is 1.02. The summed E-state index contributed by atoms with van der Waals surface area (Å²) in [6.45, 7) is 3.04. The summed E-state index contributed by atoms with van der Waals surface area (Å²) in [7, 11) is 0. The van der Waals surface area contributed by atoms with Crippen LogP contribution >= 0.6 is 0 Å². The first-order chi connectivity index (χ1) is 10.3. The molecule has 1 unspecified atom stereocenters. The second kappa shape index (κ2) is 6.19. The molecule has 0 aromatic heterocycles. The van der Waals surface area contributed by atoms with E-state index in [4.69, 9.17) is 4.74 Å². The Morgan fingerprint density at radius 1 is 1.24 bits per heavy atom. The van der Waals surface area contributed by atoms with Gasteiger partial charge in [-0.3, -0.25) is 0 Å². The predicted molar refractivity (Wildman–Crippen MR) is 84.7 cm³/mol. The summed E-state index contributed by atoms with van der Waals surface area (Å²) in [4.78, 5) is 0. The van der Waals surface area contributed by atoms with Crippen LogP contribution in [0.5, 0.6) is 5.75 Å². The first-order valence-corrected chi connectivity index (χ1v) is 7.52. The molecule has 1 atom stereocenters. The number of rotatable bonds is 5. The monoisotopic (exact) mass is 283 g/mol. The molecule has 0 amide bonds. The van der Waals surface area contributed by atoms with Crippen molar-refractivity contribution in [3.8, 4) is 5.75 Å². The van der Waals surface area contributed by atoms with E-state index in [9.17, 15) is 5.11 Å². The second-order valence-electron chi connectivity index (χ2n) is 5.43. The lowest BCUT2D eigenvalue weighted by Crippen LogP contribution is -2.10. The van der Waals surface area contributed by atoms with Gasteiger partial charge in [-0.05, 0) is 47.4 Å². The van der Waals surface area contributed by atoms with Crippen molar-refractivity contribution in [3.63, 3.8) is 0 Å². The molecule has 21 heavy (non-hydrogen) atoms. The van der Waals surface area contributed by atoms with Crippen LogP contribution < -0.4 is 10.1 Å². The lowest BCUT2D eigenvalue weighted by atomic mass is 10.0. The lowest BCUT2D eigenvalue weighted by molar-refractivity contribution is 0.282. The first kappa shape index (κ1) is 14.0. The van der Waals surface area contributed by atoms with Gasteiger partial charge in [0.25, 0.3) is 0 Å². The van der Waals surface area contributed by atoms with Crippen molar-refractivity contribution in [2.24, 2.45) is 0 Å². The molecule has 1 aliphatic rings. The third kappa shape index (κ3) is 3.03. The summed E-state index contributed by atoms with van der Waals surface area (Å²) in [6.07, 6.45) is 2.00. The van der Waals surface area contributed by atoms with Crippen molar-refractivity contribution in [2.75, 3.05) is 11.9 Å². The van der Waals surface area contributed by atoms with Crippen LogP contribution in [0.1, 0.15) is 36.1 Å². The molecule has 2 N–H and O–H groups in total. The highest BCUT2D eigenvalue weighted by Gasteiger charge is 2.16. The number of anilines is 1. The molecule has 0 saturated heterocycles. The Hall–Kier alpha value is -2.00. The summed E-state index contributed by atoms with van der Waals surface area (Å²) in [5, 5.41) is 12.8. The van der Waals surface area contributed by atoms with E-state index in [1.165, 1.54) is 11.1 Å². The molecule has 110 valence electrons. The van der Waals surface area contributed by atoms with Gasteiger partial charge < -0.3 is 15.2 Å². The van der Waals surface area contributed by atoms with Gasteiger partial charge in [0, 0.05) is 12.1 Å². The van der Waals surface area contributed by atoms with E-state index in [1.807, 2.05) is 24.3 Å². The minimum Gasteiger partial charge on any atom is -0.493 e. The first-order valence-electron chi connectivity index (χ1n) is 7.52. The Labute approximate surface area is 125 Å². The molecule has 0 spiro atoms. The average molecular weight is 283 g/mol. The average Bonchev–Trinajstić information content (AvgIpc) is 3.00. The van der Waals surface area contributed by atoms with E-state index in [0.29, 0.717) is 0 Å². The van der Waals surface area contributed by atoms with E-state index in [0.717, 1.165) is 36.4 Å². The molecule has 3 rings (SSSR count). The number of fused-ring (bicyclic) bond motifs is 1. The van der Waals surface area contributed by atoms with Crippen molar-refractivity contribution in [2.45, 2.75) is 32.4 Å². The van der Waals surface area contributed by atoms with Crippen LogP contribution in [0.4, 0.5) is 5.69 Å². The van der Waals surface area contributed by atoms with Gasteiger partial charge in [0.2, 0.25) is 0 Å². The molecule has 0 bridgehead atoms. The molecule has 1 heterocycles. The number of aliphatic hydroxyl groups excluding tert-OH is 1. The number of aliphatic hydroxyl groups is 1. The van der Waals surface area contributed by atoms with Crippen LogP contribution in [0.15, 0.2) is 42.5 Å². The third-order valence-corrected chi connectivity index (χ3v) is 3.97. The Morgan fingerprint density at radius 3 is 2.95 bits per heavy atom. The highest BCUT2D eigenvalue weighted by molar-refractivity contribution is 5.49. The van der Waals surface area contributed by atoms with Gasteiger partial charge >= 0.3 is 0 Å². The predicted octanol–water partition coefficient (Wildman–Crippen LogP) is 3.68. The highest BCUT2D eigenvalue weighted by Crippen LogP contribution is 2.30. The van der Waals surface area contributed by atoms with Gasteiger partial charge in [0.1, 0.15) is 5.75 Å². The summed E-state index contributed by atoms with van der Waals surface area (Å²) < 4.78 is 5.57. The fourth-order valence-corrected chi connectivity index (χ4v) is 2.80. The molecule has 0 aliphatic carbocycles. The maximum atomic E-state index is 9.23. The molecule has 2 aromatic carbocycles. The molecular formula is C18H21NO2. The normalized spacial score (nSPS) is 14.4. The number of nitrogens with one attached hydrogen (secondary N) is 1. The smallest absolute Gasteiger partial charge is 0.122 e. The van der Waals surface area contributed by atoms with Crippen molar-refractivity contribution >= 4 is 5.69 Å². The SMILES string of the molecule is CCC(Nc1cccc(CO)c1)c1ccc2c(c1)CCO2. The molecule has 1 aliphatic heterocycles. The zero-order valence-corrected chi connectivity index (χ0v) is 12.3. The van der Waals surface area contributed by atoms with Gasteiger partial charge in [0.15, 0.2) is 0 Å². The third-order valence-electron chi connectivity index (χ3n) is 3.97. The Balaban J connectivity index is 1.81. The fraction of sp³-hybridized carbons (Fsp3) is 0.333. The summed E-state index contributed by atoms with van der Waals surface area (Å²) in [5.41, 5.74) is 4.57. The fourth-order valence-electron chi connectivity index (χ4n) is 2.80. The maximum absolute atomic E-state index is 9.23. The van der Waals surface area contributed by atoms with E-state index in [1.54, 1.807) is 0 Å². The van der Waals surface area contributed by atoms with Crippen LogP contribution in [-0.4, -0.2) is 11.7 Å². The Morgan fingerprint density at radius 2 is 2.14 bits per heavy atom. The van der Waals surface area contributed by atoms with Crippen molar-refractivity contribution in [1.29, 1.82) is 0 Å². The number of hydrogen-bond acceptors (Lipinski definition) is 3. The molecule has 0 fully saturated rings. The second-order valence-corrected chi connectivity index (χ2v) is 5.43. The van der Waals surface area contributed by atoms with E-state index < -0.39 is 0 Å². The van der Waals surface area contributed by atoms with Gasteiger partial charge in [-0.25, -0.2) is 0 Å². The molecular weight excluding hydrogens is 262 g/mol. The van der Waals surface area contributed by atoms with Crippen molar-refractivity contribution < 1.29 is 9.84 Å². The van der Waals surface area contributed by atoms with Gasteiger partial charge in [-0.15, -0.1) is 0 Å². The van der Waals surface area contributed by atoms with Crippen molar-refractivity contribution in [1.82, 2.24) is 0 Å². The van der Waals surface area contributed by atoms with E-state index in [-0.39, 0.29) is 12.6 Å². The minimum atomic E-state index is 0.0719. The number of benzene rings is 2. The molecule has 3 heteroatoms. The number of hydrogen-bond donors (Lipinski definition) is 2. The van der Waals surface area contributed by atoms with Crippen LogP contribution in [0.2, 0.25) is 0 Å². The summed E-state index contributed by atoms with van der Waals surface area (Å²) >= 11 is 0. The largest absolute Gasteiger partial charge is 0.493 e. The molecule has 0 radical (unpaired) electrons. The highest BCUT2D eigenvalue weighted by atomic mass is 16.5. The molecule has 0 saturated carbocycles. The van der Waals surface area contributed by atoms with Crippen molar-refractivity contribution in [3.05, 3.63) is 59.2 Å². The van der Waals surface area contributed by atoms with Crippen LogP contribution in [0.3, 0.4) is 0 Å².